The van der Waals surface area contributed by atoms with Gasteiger partial charge in [0.2, 0.25) is 6.10 Å². The van der Waals surface area contributed by atoms with Crippen molar-refractivity contribution >= 4 is 16.8 Å². The quantitative estimate of drug-likeness (QED) is 0.703. The lowest BCUT2D eigenvalue weighted by molar-refractivity contribution is -0.140. The summed E-state index contributed by atoms with van der Waals surface area (Å²) >= 11 is 0. The van der Waals surface area contributed by atoms with E-state index in [1.54, 1.807) is 11.1 Å². The first-order valence-electron chi connectivity index (χ1n) is 9.45. The van der Waals surface area contributed by atoms with Crippen molar-refractivity contribution < 1.29 is 19.0 Å². The van der Waals surface area contributed by atoms with Crippen LogP contribution >= 0.6 is 0 Å². The molecule has 0 radical (unpaired) electrons. The van der Waals surface area contributed by atoms with Gasteiger partial charge in [0.1, 0.15) is 24.0 Å². The molecule has 0 N–H and O–H groups in total. The summed E-state index contributed by atoms with van der Waals surface area (Å²) in [6.45, 7) is 1.40. The highest BCUT2D eigenvalue weighted by Crippen LogP contribution is 2.32. The van der Waals surface area contributed by atoms with Gasteiger partial charge in [0.05, 0.1) is 6.54 Å². The number of amides is 1. The molecule has 2 aliphatic rings. The van der Waals surface area contributed by atoms with E-state index < -0.39 is 6.10 Å². The van der Waals surface area contributed by atoms with Crippen LogP contribution in [0.5, 0.6) is 17.2 Å². The molecule has 0 bridgehead atoms. The van der Waals surface area contributed by atoms with Crippen LogP contribution in [0.4, 0.5) is 0 Å². The van der Waals surface area contributed by atoms with Gasteiger partial charge in [-0.05, 0) is 24.3 Å². The molecule has 142 valence electrons. The monoisotopic (exact) mass is 376 g/mol. The van der Waals surface area contributed by atoms with Crippen LogP contribution < -0.4 is 14.2 Å². The summed E-state index contributed by atoms with van der Waals surface area (Å²) in [6.07, 6.45) is 1.86. The predicted octanol–water partition coefficient (Wildman–Crippen LogP) is 3.05. The summed E-state index contributed by atoms with van der Waals surface area (Å²) in [5, 5.41) is 1.04. The first kappa shape index (κ1) is 16.9. The van der Waals surface area contributed by atoms with E-state index in [2.05, 4.69) is 4.98 Å². The van der Waals surface area contributed by atoms with E-state index in [0.29, 0.717) is 24.6 Å². The summed E-state index contributed by atoms with van der Waals surface area (Å²) in [6, 6.07) is 17.2. The van der Waals surface area contributed by atoms with E-state index in [-0.39, 0.29) is 18.6 Å². The Kier molecular flexibility index (Phi) is 4.24. The fraction of sp³-hybridized carbons (Fsp3) is 0.273. The van der Waals surface area contributed by atoms with Gasteiger partial charge in [0, 0.05) is 24.5 Å². The van der Waals surface area contributed by atoms with Gasteiger partial charge in [-0.1, -0.05) is 30.3 Å². The second-order valence-electron chi connectivity index (χ2n) is 7.01. The number of carbonyl (C=O) groups excluding carboxylic acids is 1. The third kappa shape index (κ3) is 3.11. The molecule has 6 heteroatoms. The molecule has 1 saturated heterocycles. The van der Waals surface area contributed by atoms with Crippen molar-refractivity contribution in [2.75, 3.05) is 19.7 Å². The molecule has 1 fully saturated rings. The average Bonchev–Trinajstić information content (AvgIpc) is 3.22. The molecule has 0 saturated carbocycles. The first-order chi connectivity index (χ1) is 13.8. The molecule has 2 aliphatic heterocycles. The van der Waals surface area contributed by atoms with Crippen LogP contribution in [0.15, 0.2) is 60.8 Å². The molecule has 2 unspecified atom stereocenters. The van der Waals surface area contributed by atoms with Crippen LogP contribution in [-0.4, -0.2) is 47.7 Å². The minimum Gasteiger partial charge on any atom is -0.486 e. The van der Waals surface area contributed by atoms with Crippen LogP contribution in [0.25, 0.3) is 10.9 Å². The van der Waals surface area contributed by atoms with Crippen LogP contribution in [0, 0.1) is 0 Å². The molecule has 5 rings (SSSR count). The number of hydrogen-bond acceptors (Lipinski definition) is 5. The molecule has 1 amide bonds. The third-order valence-electron chi connectivity index (χ3n) is 5.13. The Morgan fingerprint density at radius 1 is 1.07 bits per heavy atom. The van der Waals surface area contributed by atoms with Gasteiger partial charge in [-0.15, -0.1) is 0 Å². The fourth-order valence-corrected chi connectivity index (χ4v) is 3.72. The van der Waals surface area contributed by atoms with Crippen LogP contribution in [0.3, 0.4) is 0 Å². The minimum atomic E-state index is -0.618. The number of para-hydroxylation sites is 3. The molecule has 0 spiro atoms. The molecule has 28 heavy (non-hydrogen) atoms. The Labute approximate surface area is 162 Å². The summed E-state index contributed by atoms with van der Waals surface area (Å²) in [7, 11) is 0. The van der Waals surface area contributed by atoms with Crippen molar-refractivity contribution in [2.45, 2.75) is 18.6 Å². The van der Waals surface area contributed by atoms with Crippen molar-refractivity contribution in [2.24, 2.45) is 0 Å². The first-order valence-corrected chi connectivity index (χ1v) is 9.45. The summed E-state index contributed by atoms with van der Waals surface area (Å²) in [5.41, 5.74) is 0.843. The standard InChI is InChI=1S/C22H20N2O4/c25-22(20-14-26-17-7-1-2-8-18(17)28-20)24-12-10-16(13-24)27-19-9-3-5-15-6-4-11-23-21(15)19/h1-9,11,16,20H,10,12-14H2. The Bertz CT molecular complexity index is 1020. The van der Waals surface area contributed by atoms with Crippen LogP contribution in [-0.2, 0) is 4.79 Å². The van der Waals surface area contributed by atoms with E-state index in [0.717, 1.165) is 23.1 Å². The Morgan fingerprint density at radius 3 is 2.86 bits per heavy atom. The second-order valence-corrected chi connectivity index (χ2v) is 7.01. The zero-order valence-electron chi connectivity index (χ0n) is 15.3. The average molecular weight is 376 g/mol. The maximum absolute atomic E-state index is 12.9. The Morgan fingerprint density at radius 2 is 1.93 bits per heavy atom. The lowest BCUT2D eigenvalue weighted by atomic mass is 10.2. The van der Waals surface area contributed by atoms with Gasteiger partial charge in [-0.2, -0.15) is 0 Å². The third-order valence-corrected chi connectivity index (χ3v) is 5.13. The molecular formula is C22H20N2O4. The maximum atomic E-state index is 12.9. The number of benzene rings is 2. The van der Waals surface area contributed by atoms with Gasteiger partial charge in [-0.3, -0.25) is 9.78 Å². The summed E-state index contributed by atoms with van der Waals surface area (Å²) in [5.74, 6) is 1.98. The van der Waals surface area contributed by atoms with E-state index in [4.69, 9.17) is 14.2 Å². The second kappa shape index (κ2) is 7.03. The number of fused-ring (bicyclic) bond motifs is 2. The van der Waals surface area contributed by atoms with Gasteiger partial charge in [0.15, 0.2) is 11.5 Å². The van der Waals surface area contributed by atoms with E-state index in [9.17, 15) is 4.79 Å². The molecule has 6 nitrogen and oxygen atoms in total. The minimum absolute atomic E-state index is 0.0587. The number of carbonyl (C=O) groups is 1. The molecule has 3 heterocycles. The van der Waals surface area contributed by atoms with E-state index >= 15 is 0 Å². The lowest BCUT2D eigenvalue weighted by Gasteiger charge is -2.28. The van der Waals surface area contributed by atoms with E-state index in [1.165, 1.54) is 0 Å². The number of hydrogen-bond donors (Lipinski definition) is 0. The molecule has 2 atom stereocenters. The summed E-state index contributed by atoms with van der Waals surface area (Å²) < 4.78 is 17.7. The number of pyridine rings is 1. The summed E-state index contributed by atoms with van der Waals surface area (Å²) in [4.78, 5) is 19.1. The zero-order valence-corrected chi connectivity index (χ0v) is 15.3. The highest BCUT2D eigenvalue weighted by Gasteiger charge is 2.35. The molecule has 3 aromatic rings. The van der Waals surface area contributed by atoms with Crippen molar-refractivity contribution in [1.82, 2.24) is 9.88 Å². The number of nitrogens with zero attached hydrogens (tertiary/aromatic N) is 2. The van der Waals surface area contributed by atoms with Crippen LogP contribution in [0.2, 0.25) is 0 Å². The number of rotatable bonds is 3. The molecule has 0 aliphatic carbocycles. The van der Waals surface area contributed by atoms with Crippen LogP contribution in [0.1, 0.15) is 6.42 Å². The Balaban J connectivity index is 1.25. The fourth-order valence-electron chi connectivity index (χ4n) is 3.72. The highest BCUT2D eigenvalue weighted by molar-refractivity contribution is 5.84. The SMILES string of the molecule is O=C(C1COc2ccccc2O1)N1CCC(Oc2cccc3cccnc23)C1. The van der Waals surface area contributed by atoms with Gasteiger partial charge < -0.3 is 19.1 Å². The van der Waals surface area contributed by atoms with E-state index in [1.807, 2.05) is 54.6 Å². The predicted molar refractivity (Wildman–Crippen MR) is 104 cm³/mol. The van der Waals surface area contributed by atoms with Crippen molar-refractivity contribution in [3.63, 3.8) is 0 Å². The van der Waals surface area contributed by atoms with Gasteiger partial charge in [-0.25, -0.2) is 0 Å². The molecule has 2 aromatic carbocycles. The largest absolute Gasteiger partial charge is 0.486 e. The number of likely N-dealkylation sites (tertiary alicyclic amines) is 1. The van der Waals surface area contributed by atoms with Crippen molar-refractivity contribution in [3.8, 4) is 17.2 Å². The maximum Gasteiger partial charge on any atom is 0.267 e. The smallest absolute Gasteiger partial charge is 0.267 e. The lowest BCUT2D eigenvalue weighted by Crippen LogP contribution is -2.46. The molecule has 1 aromatic heterocycles. The Hall–Kier alpha value is -3.28. The van der Waals surface area contributed by atoms with Crippen molar-refractivity contribution in [3.05, 3.63) is 60.8 Å². The molecular weight excluding hydrogens is 356 g/mol. The topological polar surface area (TPSA) is 60.9 Å². The van der Waals surface area contributed by atoms with Gasteiger partial charge >= 0.3 is 0 Å². The van der Waals surface area contributed by atoms with Gasteiger partial charge in [0.25, 0.3) is 5.91 Å². The number of aromatic nitrogens is 1. The zero-order chi connectivity index (χ0) is 18.9. The highest BCUT2D eigenvalue weighted by atomic mass is 16.6. The normalized spacial score (nSPS) is 20.9. The number of ether oxygens (including phenoxy) is 3. The van der Waals surface area contributed by atoms with Crippen molar-refractivity contribution in [1.29, 1.82) is 0 Å².